The van der Waals surface area contributed by atoms with Crippen molar-refractivity contribution in [1.29, 1.82) is 0 Å². The van der Waals surface area contributed by atoms with Gasteiger partial charge in [0.25, 0.3) is 30.1 Å². The molecule has 560 valence electrons. The van der Waals surface area contributed by atoms with Gasteiger partial charge in [0.1, 0.15) is 152 Å². The summed E-state index contributed by atoms with van der Waals surface area (Å²) in [6.07, 6.45) is 28.7. The molecule has 20 rings (SSSR count). The van der Waals surface area contributed by atoms with Gasteiger partial charge in [-0.2, -0.15) is 0 Å². The van der Waals surface area contributed by atoms with Crippen molar-refractivity contribution in [2.45, 2.75) is 125 Å². The SMILES string of the molecule is CC1OC(N)=NC12COc1c(cccc1-c1cncnc1)C2.C[C@@H]1OC(N)=N[C@@]12COc1c(cccc1-c1cncnc1)C2.C[C@@H]1OC(N)=N[C@]12COc1c(cccc1-c1cncnc1)C2.C[C@H]1OC(N)=N[C@@]12COc1c(cccc1-c1cncnc1)C2.C[C@H]1OC(N)=N[C@]12COc1c(cccc1-c1cncnc1)C2. The van der Waals surface area contributed by atoms with Gasteiger partial charge in [0.15, 0.2) is 0 Å². The van der Waals surface area contributed by atoms with Gasteiger partial charge in [-0.3, -0.25) is 0 Å². The molecule has 30 nitrogen and oxygen atoms in total. The maximum absolute atomic E-state index is 6.07. The van der Waals surface area contributed by atoms with Crippen molar-refractivity contribution in [2.24, 2.45) is 53.6 Å². The van der Waals surface area contributed by atoms with E-state index < -0.39 is 27.7 Å². The quantitative estimate of drug-likeness (QED) is 0.110. The second-order valence-electron chi connectivity index (χ2n) is 28.5. The minimum atomic E-state index is -0.428. The van der Waals surface area contributed by atoms with E-state index in [1.165, 1.54) is 31.6 Å². The van der Waals surface area contributed by atoms with E-state index in [0.29, 0.717) is 33.0 Å². The van der Waals surface area contributed by atoms with Crippen molar-refractivity contribution < 1.29 is 47.4 Å². The van der Waals surface area contributed by atoms with Crippen molar-refractivity contribution in [1.82, 2.24) is 49.8 Å². The fraction of sp³-hybridized carbons (Fsp3) is 0.312. The summed E-state index contributed by atoms with van der Waals surface area (Å²) in [6.45, 7) is 12.1. The first kappa shape index (κ1) is 71.1. The standard InChI is InChI=1S/5C16H16N4O2/c5*1-10-16(20-15(17)22-10)5-11-3-2-4-13(14(11)21-8-16)12-6-18-9-19-7-12/h5*2-4,6-7,9-10H,5,8H2,1H3,(H2,17,20)/t2*10-,16+;2*10-,16-;/m1010./s1. The lowest BCUT2D eigenvalue weighted by molar-refractivity contribution is 0.0932. The van der Waals surface area contributed by atoms with Crippen molar-refractivity contribution in [2.75, 3.05) is 33.0 Å². The van der Waals surface area contributed by atoms with Gasteiger partial charge in [0, 0.05) is 150 Å². The van der Waals surface area contributed by atoms with Crippen LogP contribution in [0.5, 0.6) is 28.7 Å². The second-order valence-corrected chi connectivity index (χ2v) is 28.5. The number of para-hydroxylation sites is 5. The minimum absolute atomic E-state index is 0.0932. The summed E-state index contributed by atoms with van der Waals surface area (Å²) in [5.74, 6) is 4.36. The molecule has 0 aliphatic carbocycles. The summed E-state index contributed by atoms with van der Waals surface area (Å²) >= 11 is 0. The third-order valence-corrected chi connectivity index (χ3v) is 21.6. The van der Waals surface area contributed by atoms with E-state index in [1.54, 1.807) is 62.0 Å². The highest BCUT2D eigenvalue weighted by molar-refractivity contribution is 5.80. The highest BCUT2D eigenvalue weighted by Crippen LogP contribution is 2.48. The van der Waals surface area contributed by atoms with Gasteiger partial charge >= 0.3 is 0 Å². The summed E-state index contributed by atoms with van der Waals surface area (Å²) in [7, 11) is 0. The van der Waals surface area contributed by atoms with Crippen LogP contribution in [0.2, 0.25) is 0 Å². The molecule has 30 heteroatoms. The first-order chi connectivity index (χ1) is 53.4. The molecule has 10 aliphatic rings. The highest BCUT2D eigenvalue weighted by atomic mass is 16.5. The van der Waals surface area contributed by atoms with E-state index in [4.69, 9.17) is 76.0 Å². The normalized spacial score (nSPS) is 26.0. The van der Waals surface area contributed by atoms with Crippen LogP contribution in [0.4, 0.5) is 0 Å². The van der Waals surface area contributed by atoms with Gasteiger partial charge in [0.05, 0.1) is 0 Å². The molecule has 0 bridgehead atoms. The molecule has 10 aliphatic heterocycles. The predicted octanol–water partition coefficient (Wildman–Crippen LogP) is 7.75. The summed E-state index contributed by atoms with van der Waals surface area (Å²) in [5.41, 5.74) is 41.7. The zero-order chi connectivity index (χ0) is 75.8. The molecule has 10 atom stereocenters. The van der Waals surface area contributed by atoms with Gasteiger partial charge in [-0.1, -0.05) is 91.0 Å². The Hall–Kier alpha value is -13.2. The van der Waals surface area contributed by atoms with E-state index in [-0.39, 0.29) is 60.6 Å². The first-order valence-corrected chi connectivity index (χ1v) is 36.0. The van der Waals surface area contributed by atoms with Gasteiger partial charge in [-0.25, -0.2) is 74.8 Å². The average molecular weight is 1480 g/mol. The number of amidine groups is 5. The Bertz CT molecular complexity index is 4480. The van der Waals surface area contributed by atoms with Gasteiger partial charge in [0.2, 0.25) is 0 Å². The Morgan fingerprint density at radius 3 is 0.564 bits per heavy atom. The number of nitrogens with two attached hydrogens (primary N) is 5. The van der Waals surface area contributed by atoms with Gasteiger partial charge in [-0.05, 0) is 62.4 Å². The topological polar surface area (TPSA) is 413 Å². The predicted molar refractivity (Wildman–Crippen MR) is 408 cm³/mol. The molecule has 0 saturated heterocycles. The largest absolute Gasteiger partial charge is 0.490 e. The molecule has 0 radical (unpaired) electrons. The van der Waals surface area contributed by atoms with Crippen molar-refractivity contribution >= 4 is 30.1 Å². The third-order valence-electron chi connectivity index (χ3n) is 21.6. The van der Waals surface area contributed by atoms with Crippen LogP contribution in [0.15, 0.2) is 210 Å². The van der Waals surface area contributed by atoms with Crippen LogP contribution in [-0.4, -0.2) is 171 Å². The highest BCUT2D eigenvalue weighted by Gasteiger charge is 2.52. The van der Waals surface area contributed by atoms with Crippen molar-refractivity contribution in [3.63, 3.8) is 0 Å². The zero-order valence-electron chi connectivity index (χ0n) is 61.0. The van der Waals surface area contributed by atoms with Gasteiger partial charge in [-0.15, -0.1) is 0 Å². The zero-order valence-corrected chi connectivity index (χ0v) is 61.0. The second kappa shape index (κ2) is 29.2. The Labute approximate surface area is 632 Å². The molecule has 110 heavy (non-hydrogen) atoms. The molecular weight excluding hydrogens is 1400 g/mol. The molecule has 5 spiro atoms. The molecule has 15 heterocycles. The van der Waals surface area contributed by atoms with Crippen LogP contribution in [-0.2, 0) is 55.8 Å². The van der Waals surface area contributed by atoms with Crippen LogP contribution in [0, 0.1) is 0 Å². The lowest BCUT2D eigenvalue weighted by atomic mass is 9.84. The molecule has 2 unspecified atom stereocenters. The number of rotatable bonds is 5. The summed E-state index contributed by atoms with van der Waals surface area (Å²) in [5, 5.41) is 0. The Kier molecular flexibility index (Phi) is 18.9. The van der Waals surface area contributed by atoms with Crippen LogP contribution < -0.4 is 52.4 Å². The van der Waals surface area contributed by atoms with Gasteiger partial charge < -0.3 is 76.0 Å². The van der Waals surface area contributed by atoms with Crippen molar-refractivity contribution in [3.05, 3.63) is 212 Å². The molecular formula is C80H80N20O10. The smallest absolute Gasteiger partial charge is 0.283 e. The number of fused-ring (bicyclic) bond motifs is 5. The fourth-order valence-corrected chi connectivity index (χ4v) is 15.5. The maximum Gasteiger partial charge on any atom is 0.283 e. The summed E-state index contributed by atoms with van der Waals surface area (Å²) < 4.78 is 57.9. The number of ether oxygens (including phenoxy) is 10. The fourth-order valence-electron chi connectivity index (χ4n) is 15.5. The number of aliphatic imine (C=N–C) groups is 5. The number of hydrogen-bond donors (Lipinski definition) is 5. The number of hydrogen-bond acceptors (Lipinski definition) is 30. The number of benzene rings is 5. The molecule has 10 aromatic rings. The van der Waals surface area contributed by atoms with Crippen molar-refractivity contribution in [3.8, 4) is 84.4 Å². The van der Waals surface area contributed by atoms with Crippen LogP contribution in [0.25, 0.3) is 55.6 Å². The number of aromatic nitrogens is 10. The Morgan fingerprint density at radius 1 is 0.255 bits per heavy atom. The van der Waals surface area contributed by atoms with E-state index in [9.17, 15) is 0 Å². The molecule has 0 saturated carbocycles. The Morgan fingerprint density at radius 2 is 0.418 bits per heavy atom. The molecule has 0 amide bonds. The molecule has 5 aromatic carbocycles. The average Bonchev–Trinajstić information content (AvgIpc) is 1.55. The molecule has 10 N–H and O–H groups in total. The lowest BCUT2D eigenvalue weighted by Gasteiger charge is -2.34. The summed E-state index contributed by atoms with van der Waals surface area (Å²) in [4.78, 5) is 63.2. The number of nitrogens with zero attached hydrogens (tertiary/aromatic N) is 15. The Balaban J connectivity index is 0.000000104. The van der Waals surface area contributed by atoms with Crippen LogP contribution in [0.3, 0.4) is 0 Å². The summed E-state index contributed by atoms with van der Waals surface area (Å²) in [6, 6.07) is 31.6. The van der Waals surface area contributed by atoms with E-state index in [1.807, 2.05) is 95.3 Å². The molecule has 5 aromatic heterocycles. The van der Waals surface area contributed by atoms with E-state index in [2.05, 4.69) is 105 Å². The lowest BCUT2D eigenvalue weighted by Crippen LogP contribution is -2.46. The third kappa shape index (κ3) is 13.7. The van der Waals surface area contributed by atoms with E-state index >= 15 is 0 Å². The monoisotopic (exact) mass is 1480 g/mol. The molecule has 0 fully saturated rings. The first-order valence-electron chi connectivity index (χ1n) is 36.0. The van der Waals surface area contributed by atoms with Crippen LogP contribution >= 0.6 is 0 Å². The maximum atomic E-state index is 6.07. The van der Waals surface area contributed by atoms with Crippen LogP contribution in [0.1, 0.15) is 62.4 Å². The minimum Gasteiger partial charge on any atom is -0.490 e. The van der Waals surface area contributed by atoms with E-state index in [0.717, 1.165) is 144 Å².